The summed E-state index contributed by atoms with van der Waals surface area (Å²) in [4.78, 5) is 32.2. The monoisotopic (exact) mass is 668 g/mol. The van der Waals surface area contributed by atoms with Crippen LogP contribution in [0.2, 0.25) is 10.0 Å². The number of carboxylic acids is 1. The van der Waals surface area contributed by atoms with Gasteiger partial charge in [0.25, 0.3) is 0 Å². The number of anilines is 1. The van der Waals surface area contributed by atoms with E-state index in [9.17, 15) is 4.79 Å². The topological polar surface area (TPSA) is 94.9 Å². The van der Waals surface area contributed by atoms with Crippen molar-refractivity contribution in [1.82, 2.24) is 24.8 Å². The normalized spacial score (nSPS) is 20.8. The third-order valence-corrected chi connectivity index (χ3v) is 8.98. The Bertz CT molecular complexity index is 1390. The molecule has 6 rings (SSSR count). The van der Waals surface area contributed by atoms with Crippen LogP contribution >= 0.6 is 48.0 Å². The summed E-state index contributed by atoms with van der Waals surface area (Å²) in [6.45, 7) is 5.48. The van der Waals surface area contributed by atoms with Gasteiger partial charge in [-0.25, -0.2) is 15.0 Å². The highest BCUT2D eigenvalue weighted by atomic mass is 35.5. The quantitative estimate of drug-likeness (QED) is 0.296. The van der Waals surface area contributed by atoms with Crippen LogP contribution in [-0.2, 0) is 11.3 Å². The van der Waals surface area contributed by atoms with Crippen molar-refractivity contribution in [3.8, 4) is 22.9 Å². The number of likely N-dealkylation sites (N-methyl/N-ethyl adjacent to an activating group) is 1. The van der Waals surface area contributed by atoms with Gasteiger partial charge in [0.05, 0.1) is 18.1 Å². The summed E-state index contributed by atoms with van der Waals surface area (Å²) >= 11 is 12.6. The Labute approximate surface area is 274 Å². The summed E-state index contributed by atoms with van der Waals surface area (Å²) in [6.07, 6.45) is 6.61. The van der Waals surface area contributed by atoms with Crippen LogP contribution in [0.1, 0.15) is 31.2 Å². The fraction of sp³-hybridized carbons (Fsp3) is 0.467. The molecule has 0 saturated carbocycles. The predicted molar refractivity (Wildman–Crippen MR) is 173 cm³/mol. The highest BCUT2D eigenvalue weighted by Gasteiger charge is 2.40. The smallest absolute Gasteiger partial charge is 0.303 e. The minimum absolute atomic E-state index is 0. The number of aliphatic carboxylic acids is 1. The molecule has 0 aliphatic carbocycles. The second-order valence-corrected chi connectivity index (χ2v) is 12.4. The molecular weight excluding hydrogens is 634 g/mol. The minimum Gasteiger partial charge on any atom is -0.481 e. The molecule has 2 aromatic heterocycles. The van der Waals surface area contributed by atoms with E-state index in [0.717, 1.165) is 62.6 Å². The number of benzene rings is 1. The van der Waals surface area contributed by atoms with E-state index in [-0.39, 0.29) is 37.2 Å². The lowest BCUT2D eigenvalue weighted by atomic mass is 9.93. The number of piperidine rings is 1. The van der Waals surface area contributed by atoms with E-state index in [1.54, 1.807) is 18.5 Å². The van der Waals surface area contributed by atoms with Crippen molar-refractivity contribution < 1.29 is 14.6 Å². The van der Waals surface area contributed by atoms with E-state index >= 15 is 0 Å². The van der Waals surface area contributed by atoms with Gasteiger partial charge in [-0.05, 0) is 87.6 Å². The van der Waals surface area contributed by atoms with E-state index in [0.29, 0.717) is 45.9 Å². The zero-order valence-electron chi connectivity index (χ0n) is 23.9. The average molecular weight is 670 g/mol. The Hall–Kier alpha value is -2.40. The number of likely N-dealkylation sites (tertiary alicyclic amines) is 2. The van der Waals surface area contributed by atoms with Gasteiger partial charge in [-0.2, -0.15) is 0 Å². The van der Waals surface area contributed by atoms with Gasteiger partial charge in [0.2, 0.25) is 11.8 Å². The fourth-order valence-electron chi connectivity index (χ4n) is 6.39. The first-order chi connectivity index (χ1) is 19.8. The molecule has 0 radical (unpaired) electrons. The van der Waals surface area contributed by atoms with Crippen molar-refractivity contribution >= 4 is 59.9 Å². The highest BCUT2D eigenvalue weighted by Crippen LogP contribution is 2.33. The second-order valence-electron chi connectivity index (χ2n) is 11.5. The Morgan fingerprint density at radius 3 is 2.33 bits per heavy atom. The maximum absolute atomic E-state index is 11.1. The molecule has 232 valence electrons. The summed E-state index contributed by atoms with van der Waals surface area (Å²) in [6, 6.07) is 9.90. The van der Waals surface area contributed by atoms with Gasteiger partial charge >= 0.3 is 5.97 Å². The lowest BCUT2D eigenvalue weighted by Gasteiger charge is -2.31. The van der Waals surface area contributed by atoms with E-state index in [1.807, 2.05) is 24.3 Å². The number of rotatable bonds is 8. The van der Waals surface area contributed by atoms with Crippen molar-refractivity contribution in [2.24, 2.45) is 11.8 Å². The van der Waals surface area contributed by atoms with Gasteiger partial charge < -0.3 is 19.6 Å². The number of ether oxygens (including phenoxy) is 1. The molecule has 5 heterocycles. The van der Waals surface area contributed by atoms with Crippen LogP contribution in [0.25, 0.3) is 11.3 Å². The van der Waals surface area contributed by atoms with Gasteiger partial charge in [0.15, 0.2) is 5.75 Å². The van der Waals surface area contributed by atoms with Crippen LogP contribution in [0.15, 0.2) is 42.7 Å². The Morgan fingerprint density at radius 1 is 0.977 bits per heavy atom. The minimum atomic E-state index is -0.725. The maximum Gasteiger partial charge on any atom is 0.303 e. The number of fused-ring (bicyclic) bond motifs is 1. The summed E-state index contributed by atoms with van der Waals surface area (Å²) < 4.78 is 6.19. The molecule has 13 heteroatoms. The molecule has 0 unspecified atom stereocenters. The lowest BCUT2D eigenvalue weighted by molar-refractivity contribution is -0.138. The second kappa shape index (κ2) is 14.6. The molecule has 1 aromatic carbocycles. The molecule has 3 saturated heterocycles. The Balaban J connectivity index is 0.00000212. The first-order valence-corrected chi connectivity index (χ1v) is 14.9. The van der Waals surface area contributed by atoms with Crippen LogP contribution in [0.3, 0.4) is 0 Å². The number of hydrogen-bond donors (Lipinski definition) is 1. The summed E-state index contributed by atoms with van der Waals surface area (Å²) in [5, 5.41) is 10.2. The van der Waals surface area contributed by atoms with Crippen molar-refractivity contribution in [3.05, 3.63) is 58.3 Å². The molecule has 0 spiro atoms. The summed E-state index contributed by atoms with van der Waals surface area (Å²) in [5.74, 6) is 1.85. The summed E-state index contributed by atoms with van der Waals surface area (Å²) in [5.41, 5.74) is 2.53. The zero-order valence-corrected chi connectivity index (χ0v) is 27.0. The third-order valence-electron chi connectivity index (χ3n) is 8.54. The molecular formula is C30H36Cl4N6O3. The molecule has 3 aromatic rings. The standard InChI is InChI=1S/C30H34Cl2N6O3.2ClH/c1-36-5-4-21-17-38(18-27(21)36)30-33-14-25(15-34-30)41-28-9-20(16-37-6-2-19(3-7-37)10-29(39)40)8-26(35-28)22-11-23(31)13-24(32)12-22;;/h8-9,11-15,19,21,27H,2-7,10,16-18H2,1H3,(H,39,40);2*1H/t21-,27+;;/m1../s1. The highest BCUT2D eigenvalue weighted by molar-refractivity contribution is 6.35. The van der Waals surface area contributed by atoms with E-state index in [1.165, 1.54) is 6.42 Å². The van der Waals surface area contributed by atoms with Crippen LogP contribution in [0.4, 0.5) is 5.95 Å². The molecule has 0 bridgehead atoms. The van der Waals surface area contributed by atoms with Gasteiger partial charge in [0, 0.05) is 53.8 Å². The molecule has 3 fully saturated rings. The molecule has 0 amide bonds. The largest absolute Gasteiger partial charge is 0.481 e. The third kappa shape index (κ3) is 8.21. The number of aromatic nitrogens is 3. The van der Waals surface area contributed by atoms with Crippen LogP contribution < -0.4 is 9.64 Å². The molecule has 43 heavy (non-hydrogen) atoms. The number of halogens is 4. The van der Waals surface area contributed by atoms with Crippen molar-refractivity contribution in [1.29, 1.82) is 0 Å². The number of carboxylic acid groups (broad SMARTS) is 1. The summed E-state index contributed by atoms with van der Waals surface area (Å²) in [7, 11) is 2.19. The predicted octanol–water partition coefficient (Wildman–Crippen LogP) is 6.31. The maximum atomic E-state index is 11.1. The van der Waals surface area contributed by atoms with Crippen molar-refractivity contribution in [3.63, 3.8) is 0 Å². The van der Waals surface area contributed by atoms with Gasteiger partial charge in [-0.15, -0.1) is 24.8 Å². The molecule has 9 nitrogen and oxygen atoms in total. The molecule has 3 aliphatic rings. The lowest BCUT2D eigenvalue weighted by Crippen LogP contribution is -2.33. The molecule has 1 N–H and O–H groups in total. The van der Waals surface area contributed by atoms with Crippen LogP contribution in [-0.4, -0.2) is 81.6 Å². The number of pyridine rings is 1. The Morgan fingerprint density at radius 2 is 1.67 bits per heavy atom. The van der Waals surface area contributed by atoms with Crippen LogP contribution in [0.5, 0.6) is 11.6 Å². The first kappa shape index (κ1) is 33.5. The first-order valence-electron chi connectivity index (χ1n) is 14.2. The van der Waals surface area contributed by atoms with E-state index < -0.39 is 5.97 Å². The Kier molecular flexibility index (Phi) is 11.4. The number of carbonyl (C=O) groups is 1. The molecule has 3 aliphatic heterocycles. The number of hydrogen-bond acceptors (Lipinski definition) is 8. The van der Waals surface area contributed by atoms with Gasteiger partial charge in [0.1, 0.15) is 0 Å². The molecule has 2 atom stereocenters. The van der Waals surface area contributed by atoms with Gasteiger partial charge in [-0.1, -0.05) is 23.2 Å². The average Bonchev–Trinajstić information content (AvgIpc) is 3.51. The number of nitrogens with zero attached hydrogens (tertiary/aromatic N) is 6. The van der Waals surface area contributed by atoms with Crippen molar-refractivity contribution in [2.45, 2.75) is 38.3 Å². The van der Waals surface area contributed by atoms with Gasteiger partial charge in [-0.3, -0.25) is 9.69 Å². The van der Waals surface area contributed by atoms with Crippen molar-refractivity contribution in [2.75, 3.05) is 44.7 Å². The van der Waals surface area contributed by atoms with Crippen LogP contribution in [0, 0.1) is 11.8 Å². The van der Waals surface area contributed by atoms with E-state index in [2.05, 4.69) is 31.7 Å². The SMILES string of the molecule is CN1CC[C@@H]2CN(c3ncc(Oc4cc(CN5CCC(CC(=O)O)CC5)cc(-c5cc(Cl)cc(Cl)c5)n4)cn3)C[C@@H]21.Cl.Cl. The van der Waals surface area contributed by atoms with E-state index in [4.69, 9.17) is 38.0 Å². The zero-order chi connectivity index (χ0) is 28.5. The fourth-order valence-corrected chi connectivity index (χ4v) is 6.91.